The first-order valence-corrected chi connectivity index (χ1v) is 6.27. The van der Waals surface area contributed by atoms with E-state index in [1.54, 1.807) is 0 Å². The molecule has 4 heteroatoms. The molecule has 0 fully saturated rings. The Bertz CT molecular complexity index is 697. The summed E-state index contributed by atoms with van der Waals surface area (Å²) in [6.07, 6.45) is 7.47. The van der Waals surface area contributed by atoms with E-state index < -0.39 is 0 Å². The van der Waals surface area contributed by atoms with Crippen LogP contribution in [0.25, 0.3) is 10.8 Å². The number of hydrogen-bond acceptors (Lipinski definition) is 3. The number of nitrogens with zero attached hydrogens (tertiary/aromatic N) is 3. The lowest BCUT2D eigenvalue weighted by atomic mass is 9.98. The molecule has 1 unspecified atom stereocenters. The van der Waals surface area contributed by atoms with Gasteiger partial charge in [0.2, 0.25) is 0 Å². The Morgan fingerprint density at radius 3 is 2.79 bits per heavy atom. The van der Waals surface area contributed by atoms with Crippen molar-refractivity contribution in [1.82, 2.24) is 19.9 Å². The van der Waals surface area contributed by atoms with Crippen LogP contribution in [0.2, 0.25) is 0 Å². The van der Waals surface area contributed by atoms with E-state index >= 15 is 0 Å². The lowest BCUT2D eigenvalue weighted by molar-refractivity contribution is 0.642. The standard InChI is InChI=1S/C15H16N4/c1-16-15(14-9-18-10-19(14)2)12-5-3-4-11-6-7-17-8-13(11)12/h3-10,15-16H,1-2H3. The van der Waals surface area contributed by atoms with Crippen molar-refractivity contribution in [2.24, 2.45) is 7.05 Å². The van der Waals surface area contributed by atoms with Crippen LogP contribution in [0, 0.1) is 0 Å². The number of nitrogens with one attached hydrogen (secondary N) is 1. The fraction of sp³-hybridized carbons (Fsp3) is 0.200. The minimum Gasteiger partial charge on any atom is -0.336 e. The van der Waals surface area contributed by atoms with Gasteiger partial charge in [0, 0.05) is 24.8 Å². The van der Waals surface area contributed by atoms with Gasteiger partial charge in [0.15, 0.2) is 0 Å². The van der Waals surface area contributed by atoms with Gasteiger partial charge in [0.1, 0.15) is 0 Å². The van der Waals surface area contributed by atoms with Crippen LogP contribution in [0.3, 0.4) is 0 Å². The van der Waals surface area contributed by atoms with Crippen molar-refractivity contribution in [3.63, 3.8) is 0 Å². The second-order valence-electron chi connectivity index (χ2n) is 4.60. The van der Waals surface area contributed by atoms with Gasteiger partial charge in [-0.3, -0.25) is 4.98 Å². The van der Waals surface area contributed by atoms with Gasteiger partial charge in [-0.2, -0.15) is 0 Å². The minimum atomic E-state index is 0.111. The fourth-order valence-electron chi connectivity index (χ4n) is 2.50. The molecule has 96 valence electrons. The predicted molar refractivity (Wildman–Crippen MR) is 75.9 cm³/mol. The van der Waals surface area contributed by atoms with Crippen molar-refractivity contribution in [2.75, 3.05) is 7.05 Å². The molecule has 2 aromatic heterocycles. The summed E-state index contributed by atoms with van der Waals surface area (Å²) in [5.74, 6) is 0. The first kappa shape index (κ1) is 11.9. The number of hydrogen-bond donors (Lipinski definition) is 1. The summed E-state index contributed by atoms with van der Waals surface area (Å²) in [4.78, 5) is 8.45. The molecule has 3 aromatic rings. The number of aromatic nitrogens is 3. The number of aryl methyl sites for hydroxylation is 1. The molecule has 0 spiro atoms. The highest BCUT2D eigenvalue weighted by atomic mass is 15.1. The molecular formula is C15H16N4. The normalized spacial score (nSPS) is 12.7. The Morgan fingerprint density at radius 2 is 2.05 bits per heavy atom. The molecule has 0 aliphatic carbocycles. The molecule has 0 bridgehead atoms. The van der Waals surface area contributed by atoms with Gasteiger partial charge in [-0.05, 0) is 24.1 Å². The van der Waals surface area contributed by atoms with E-state index in [-0.39, 0.29) is 6.04 Å². The van der Waals surface area contributed by atoms with E-state index in [2.05, 4.69) is 33.5 Å². The molecule has 0 aliphatic heterocycles. The lowest BCUT2D eigenvalue weighted by Gasteiger charge is -2.19. The van der Waals surface area contributed by atoms with Crippen LogP contribution in [-0.2, 0) is 7.05 Å². The van der Waals surface area contributed by atoms with Crippen molar-refractivity contribution in [1.29, 1.82) is 0 Å². The summed E-state index contributed by atoms with van der Waals surface area (Å²) in [6, 6.07) is 8.47. The van der Waals surface area contributed by atoms with Gasteiger partial charge in [-0.15, -0.1) is 0 Å². The highest BCUT2D eigenvalue weighted by Gasteiger charge is 2.17. The third-order valence-corrected chi connectivity index (χ3v) is 3.47. The van der Waals surface area contributed by atoms with Gasteiger partial charge in [-0.1, -0.05) is 18.2 Å². The van der Waals surface area contributed by atoms with Crippen LogP contribution in [0.5, 0.6) is 0 Å². The molecule has 2 heterocycles. The average Bonchev–Trinajstić information content (AvgIpc) is 2.86. The van der Waals surface area contributed by atoms with E-state index in [0.717, 1.165) is 5.69 Å². The topological polar surface area (TPSA) is 42.7 Å². The Morgan fingerprint density at radius 1 is 1.16 bits per heavy atom. The molecule has 0 amide bonds. The summed E-state index contributed by atoms with van der Waals surface area (Å²) in [6.45, 7) is 0. The minimum absolute atomic E-state index is 0.111. The van der Waals surface area contributed by atoms with E-state index in [1.807, 2.05) is 49.6 Å². The average molecular weight is 252 g/mol. The molecule has 4 nitrogen and oxygen atoms in total. The maximum atomic E-state index is 4.24. The second-order valence-corrected chi connectivity index (χ2v) is 4.60. The quantitative estimate of drug-likeness (QED) is 0.777. The van der Waals surface area contributed by atoms with Crippen molar-refractivity contribution < 1.29 is 0 Å². The monoisotopic (exact) mass is 252 g/mol. The number of pyridine rings is 1. The third-order valence-electron chi connectivity index (χ3n) is 3.47. The van der Waals surface area contributed by atoms with Crippen LogP contribution in [0.15, 0.2) is 49.2 Å². The highest BCUT2D eigenvalue weighted by Crippen LogP contribution is 2.27. The van der Waals surface area contributed by atoms with Crippen LogP contribution >= 0.6 is 0 Å². The Labute approximate surface area is 112 Å². The zero-order chi connectivity index (χ0) is 13.2. The van der Waals surface area contributed by atoms with Crippen molar-refractivity contribution in [3.05, 3.63) is 60.4 Å². The predicted octanol–water partition coefficient (Wildman–Crippen LogP) is 2.28. The van der Waals surface area contributed by atoms with E-state index in [4.69, 9.17) is 0 Å². The van der Waals surface area contributed by atoms with Gasteiger partial charge in [-0.25, -0.2) is 4.98 Å². The second kappa shape index (κ2) is 4.82. The first-order valence-electron chi connectivity index (χ1n) is 6.27. The Hall–Kier alpha value is -2.20. The summed E-state index contributed by atoms with van der Waals surface area (Å²) in [5.41, 5.74) is 2.36. The van der Waals surface area contributed by atoms with Crippen LogP contribution in [0.1, 0.15) is 17.3 Å². The molecule has 0 radical (unpaired) electrons. The smallest absolute Gasteiger partial charge is 0.0946 e. The number of benzene rings is 1. The van der Waals surface area contributed by atoms with Crippen molar-refractivity contribution in [2.45, 2.75) is 6.04 Å². The number of rotatable bonds is 3. The van der Waals surface area contributed by atoms with E-state index in [9.17, 15) is 0 Å². The van der Waals surface area contributed by atoms with Gasteiger partial charge >= 0.3 is 0 Å². The van der Waals surface area contributed by atoms with Crippen LogP contribution in [-0.4, -0.2) is 21.6 Å². The summed E-state index contributed by atoms with van der Waals surface area (Å²) < 4.78 is 2.04. The number of imidazole rings is 1. The fourth-order valence-corrected chi connectivity index (χ4v) is 2.50. The molecular weight excluding hydrogens is 236 g/mol. The molecule has 0 aliphatic rings. The van der Waals surface area contributed by atoms with Gasteiger partial charge in [0.05, 0.1) is 24.3 Å². The molecule has 1 aromatic carbocycles. The molecule has 1 N–H and O–H groups in total. The van der Waals surface area contributed by atoms with Crippen LogP contribution in [0.4, 0.5) is 0 Å². The summed E-state index contributed by atoms with van der Waals surface area (Å²) in [7, 11) is 3.98. The van der Waals surface area contributed by atoms with Crippen molar-refractivity contribution >= 4 is 10.8 Å². The van der Waals surface area contributed by atoms with E-state index in [1.165, 1.54) is 16.3 Å². The summed E-state index contributed by atoms with van der Waals surface area (Å²) >= 11 is 0. The molecule has 19 heavy (non-hydrogen) atoms. The largest absolute Gasteiger partial charge is 0.336 e. The third kappa shape index (κ3) is 2.00. The van der Waals surface area contributed by atoms with Gasteiger partial charge in [0.25, 0.3) is 0 Å². The molecule has 0 saturated heterocycles. The molecule has 1 atom stereocenters. The Kier molecular flexibility index (Phi) is 3.01. The maximum absolute atomic E-state index is 4.24. The highest BCUT2D eigenvalue weighted by molar-refractivity contribution is 5.85. The van der Waals surface area contributed by atoms with Gasteiger partial charge < -0.3 is 9.88 Å². The molecule has 3 rings (SSSR count). The molecule has 0 saturated carbocycles. The van der Waals surface area contributed by atoms with Crippen molar-refractivity contribution in [3.8, 4) is 0 Å². The zero-order valence-electron chi connectivity index (χ0n) is 11.0. The zero-order valence-corrected chi connectivity index (χ0v) is 11.0. The van der Waals surface area contributed by atoms with E-state index in [0.29, 0.717) is 0 Å². The van der Waals surface area contributed by atoms with Crippen LogP contribution < -0.4 is 5.32 Å². The lowest BCUT2D eigenvalue weighted by Crippen LogP contribution is -2.20. The summed E-state index contributed by atoms with van der Waals surface area (Å²) in [5, 5.41) is 5.74. The number of fused-ring (bicyclic) bond motifs is 1. The SMILES string of the molecule is CNC(c1cccc2ccncc12)c1cncn1C. The first-order chi connectivity index (χ1) is 9.31. The maximum Gasteiger partial charge on any atom is 0.0946 e. The Balaban J connectivity index is 2.20.